The van der Waals surface area contributed by atoms with Gasteiger partial charge < -0.3 is 0 Å². The Kier molecular flexibility index (Phi) is 7.81. The molecule has 1 heterocycles. The summed E-state index contributed by atoms with van der Waals surface area (Å²) in [5.74, 6) is 1.93. The van der Waals surface area contributed by atoms with E-state index in [0.29, 0.717) is 17.5 Å². The van der Waals surface area contributed by atoms with Crippen LogP contribution in [0, 0.1) is 0 Å². The monoisotopic (exact) mass is 687 g/mol. The predicted molar refractivity (Wildman–Crippen MR) is 225 cm³/mol. The van der Waals surface area contributed by atoms with Crippen LogP contribution in [-0.4, -0.2) is 15.0 Å². The molecule has 10 rings (SSSR count). The number of aromatic nitrogens is 3. The van der Waals surface area contributed by atoms with Crippen LogP contribution in [0.5, 0.6) is 0 Å². The summed E-state index contributed by atoms with van der Waals surface area (Å²) in [6.45, 7) is 0. The zero-order valence-corrected chi connectivity index (χ0v) is 29.4. The van der Waals surface area contributed by atoms with Gasteiger partial charge in [0.05, 0.1) is 0 Å². The zero-order chi connectivity index (χ0) is 35.8. The van der Waals surface area contributed by atoms with E-state index in [1.54, 1.807) is 0 Å². The number of hydrogen-bond acceptors (Lipinski definition) is 3. The molecule has 3 heteroatoms. The van der Waals surface area contributed by atoms with Gasteiger partial charge in [0.1, 0.15) is 0 Å². The smallest absolute Gasteiger partial charge is 0.164 e. The Hall–Kier alpha value is -7.23. The first-order chi connectivity index (χ1) is 26.7. The van der Waals surface area contributed by atoms with Crippen molar-refractivity contribution in [2.24, 2.45) is 0 Å². The van der Waals surface area contributed by atoms with E-state index in [2.05, 4.69) is 182 Å². The molecule has 0 spiro atoms. The summed E-state index contributed by atoms with van der Waals surface area (Å²) in [6.07, 6.45) is 0. The van der Waals surface area contributed by atoms with Gasteiger partial charge in [-0.05, 0) is 102 Å². The average Bonchev–Trinajstić information content (AvgIpc) is 3.26. The van der Waals surface area contributed by atoms with Gasteiger partial charge in [0.15, 0.2) is 17.5 Å². The molecule has 10 aromatic rings. The summed E-state index contributed by atoms with van der Waals surface area (Å²) >= 11 is 0. The molecule has 0 bridgehead atoms. The molecule has 0 saturated carbocycles. The quantitative estimate of drug-likeness (QED) is 0.175. The molecule has 1 aromatic heterocycles. The van der Waals surface area contributed by atoms with Crippen LogP contribution in [0.1, 0.15) is 0 Å². The Bertz CT molecular complexity index is 2640. The van der Waals surface area contributed by atoms with E-state index in [4.69, 9.17) is 15.0 Å². The van der Waals surface area contributed by atoms with Crippen LogP contribution in [0.4, 0.5) is 0 Å². The third kappa shape index (κ3) is 6.08. The number of rotatable bonds is 6. The van der Waals surface area contributed by atoms with E-state index in [0.717, 1.165) is 32.8 Å². The summed E-state index contributed by atoms with van der Waals surface area (Å²) in [4.78, 5) is 15.4. The van der Waals surface area contributed by atoms with Crippen LogP contribution in [0.25, 0.3) is 99.9 Å². The highest BCUT2D eigenvalue weighted by Crippen LogP contribution is 2.33. The topological polar surface area (TPSA) is 38.7 Å². The third-order valence-electron chi connectivity index (χ3n) is 10.3. The lowest BCUT2D eigenvalue weighted by Crippen LogP contribution is -2.00. The van der Waals surface area contributed by atoms with Gasteiger partial charge in [-0.2, -0.15) is 0 Å². The van der Waals surface area contributed by atoms with Gasteiger partial charge in [-0.15, -0.1) is 0 Å². The van der Waals surface area contributed by atoms with Gasteiger partial charge in [0.25, 0.3) is 0 Å². The molecule has 0 unspecified atom stereocenters. The molecule has 252 valence electrons. The fraction of sp³-hybridized carbons (Fsp3) is 0. The van der Waals surface area contributed by atoms with Crippen LogP contribution < -0.4 is 0 Å². The molecule has 0 N–H and O–H groups in total. The van der Waals surface area contributed by atoms with Crippen LogP contribution in [0.15, 0.2) is 200 Å². The Labute approximate surface area is 313 Å². The summed E-state index contributed by atoms with van der Waals surface area (Å²) in [5.41, 5.74) is 10.0. The van der Waals surface area contributed by atoms with Gasteiger partial charge in [0, 0.05) is 16.7 Å². The van der Waals surface area contributed by atoms with Crippen molar-refractivity contribution in [1.82, 2.24) is 15.0 Å². The lowest BCUT2D eigenvalue weighted by Gasteiger charge is -2.11. The minimum atomic E-state index is 0.642. The van der Waals surface area contributed by atoms with E-state index < -0.39 is 0 Å². The summed E-state index contributed by atoms with van der Waals surface area (Å²) in [5, 5.41) is 6.91. The highest BCUT2D eigenvalue weighted by atomic mass is 15.0. The lowest BCUT2D eigenvalue weighted by molar-refractivity contribution is 1.08. The van der Waals surface area contributed by atoms with Crippen LogP contribution in [-0.2, 0) is 0 Å². The fourth-order valence-corrected chi connectivity index (χ4v) is 7.35. The normalized spacial score (nSPS) is 11.3. The molecule has 0 fully saturated rings. The third-order valence-corrected chi connectivity index (χ3v) is 10.3. The maximum Gasteiger partial charge on any atom is 0.164 e. The Balaban J connectivity index is 1.08. The first-order valence-electron chi connectivity index (χ1n) is 18.3. The summed E-state index contributed by atoms with van der Waals surface area (Å²) in [6, 6.07) is 70.7. The van der Waals surface area contributed by atoms with Crippen molar-refractivity contribution in [2.75, 3.05) is 0 Å². The highest BCUT2D eigenvalue weighted by Gasteiger charge is 2.15. The molecular formula is C51H33N3. The van der Waals surface area contributed by atoms with Crippen LogP contribution in [0.2, 0.25) is 0 Å². The van der Waals surface area contributed by atoms with Crippen molar-refractivity contribution in [3.63, 3.8) is 0 Å². The fourth-order valence-electron chi connectivity index (χ4n) is 7.35. The zero-order valence-electron chi connectivity index (χ0n) is 29.4. The second-order valence-electron chi connectivity index (χ2n) is 13.7. The first-order valence-corrected chi connectivity index (χ1v) is 18.3. The molecule has 0 aliphatic rings. The van der Waals surface area contributed by atoms with Crippen molar-refractivity contribution >= 4 is 32.3 Å². The van der Waals surface area contributed by atoms with Crippen molar-refractivity contribution < 1.29 is 0 Å². The van der Waals surface area contributed by atoms with Crippen LogP contribution in [0.3, 0.4) is 0 Å². The van der Waals surface area contributed by atoms with Crippen molar-refractivity contribution in [3.8, 4) is 67.5 Å². The minimum absolute atomic E-state index is 0.642. The molecule has 0 atom stereocenters. The van der Waals surface area contributed by atoms with E-state index >= 15 is 0 Å². The second kappa shape index (κ2) is 13.4. The lowest BCUT2D eigenvalue weighted by atomic mass is 9.99. The van der Waals surface area contributed by atoms with E-state index in [9.17, 15) is 0 Å². The van der Waals surface area contributed by atoms with Crippen molar-refractivity contribution in [1.29, 1.82) is 0 Å². The summed E-state index contributed by atoms with van der Waals surface area (Å²) in [7, 11) is 0. The van der Waals surface area contributed by atoms with Gasteiger partial charge >= 0.3 is 0 Å². The molecule has 0 aliphatic heterocycles. The average molecular weight is 688 g/mol. The van der Waals surface area contributed by atoms with Crippen molar-refractivity contribution in [3.05, 3.63) is 200 Å². The Morgan fingerprint density at radius 3 is 0.667 bits per heavy atom. The minimum Gasteiger partial charge on any atom is -0.208 e. The number of fused-ring (bicyclic) bond motifs is 3. The number of nitrogens with zero attached hydrogens (tertiary/aromatic N) is 3. The van der Waals surface area contributed by atoms with Gasteiger partial charge in [-0.25, -0.2) is 15.0 Å². The number of hydrogen-bond donors (Lipinski definition) is 0. The maximum atomic E-state index is 5.13. The molecule has 54 heavy (non-hydrogen) atoms. The van der Waals surface area contributed by atoms with E-state index in [1.165, 1.54) is 49.5 Å². The van der Waals surface area contributed by atoms with E-state index in [1.807, 2.05) is 18.2 Å². The van der Waals surface area contributed by atoms with Gasteiger partial charge in [-0.1, -0.05) is 164 Å². The largest absolute Gasteiger partial charge is 0.208 e. The first kappa shape index (κ1) is 31.5. The SMILES string of the molecule is c1ccc(-c2ccc3cc(-c4nc(-c5ccc6cc(-c7ccccc7)ccc6c5)nc(-c5ccc6cc(-c7ccccc7)ccc6c5)n4)ccc3c2)cc1. The molecule has 0 amide bonds. The molecule has 9 aromatic carbocycles. The molecule has 3 nitrogen and oxygen atoms in total. The molecule has 0 aliphatic carbocycles. The predicted octanol–water partition coefficient (Wildman–Crippen LogP) is 13.3. The van der Waals surface area contributed by atoms with E-state index in [-0.39, 0.29) is 0 Å². The van der Waals surface area contributed by atoms with Crippen molar-refractivity contribution in [2.45, 2.75) is 0 Å². The van der Waals surface area contributed by atoms with Gasteiger partial charge in [0.2, 0.25) is 0 Å². The maximum absolute atomic E-state index is 5.13. The molecule has 0 saturated heterocycles. The standard InChI is InChI=1S/C51H33N3/c1-4-10-34(11-5-1)37-16-19-43-31-46(25-22-40(43)28-37)49-52-50(47-26-23-41-29-38(17-20-44(41)32-47)35-12-6-2-7-13-35)54-51(53-49)48-27-24-42-30-39(18-21-45(42)33-48)36-14-8-3-9-15-36/h1-33H. The molecular weight excluding hydrogens is 655 g/mol. The van der Waals surface area contributed by atoms with Gasteiger partial charge in [-0.3, -0.25) is 0 Å². The highest BCUT2D eigenvalue weighted by molar-refractivity contribution is 5.93. The Morgan fingerprint density at radius 2 is 0.407 bits per heavy atom. The number of benzene rings is 9. The summed E-state index contributed by atoms with van der Waals surface area (Å²) < 4.78 is 0. The van der Waals surface area contributed by atoms with Crippen LogP contribution >= 0.6 is 0 Å². The Morgan fingerprint density at radius 1 is 0.185 bits per heavy atom. The second-order valence-corrected chi connectivity index (χ2v) is 13.7. The molecule has 0 radical (unpaired) electrons.